The van der Waals surface area contributed by atoms with Crippen molar-refractivity contribution in [3.8, 4) is 0 Å². The number of nitrogens with two attached hydrogens (primary N) is 1. The quantitative estimate of drug-likeness (QED) is 0.759. The van der Waals surface area contributed by atoms with Gasteiger partial charge in [0.05, 0.1) is 6.61 Å². The maximum atomic E-state index is 12.0. The number of benzene rings is 1. The van der Waals surface area contributed by atoms with Gasteiger partial charge in [0, 0.05) is 24.1 Å². The Labute approximate surface area is 144 Å². The summed E-state index contributed by atoms with van der Waals surface area (Å²) in [5.74, 6) is -0.183. The molecule has 1 atom stereocenters. The largest absolute Gasteiger partial charge is 0.383 e. The van der Waals surface area contributed by atoms with Crippen molar-refractivity contribution >= 4 is 29.9 Å². The standard InChI is InChI=1S/C16H25ClN2O2.ClH/c1-4-16(5-2,12-6-8-13(17)9-7-12)11-19-15(20)14(18)10-21-3;/h6-9,14H,4-5,10-11,18H2,1-3H3,(H,19,20);1H. The second-order valence-corrected chi connectivity index (χ2v) is 5.71. The van der Waals surface area contributed by atoms with Gasteiger partial charge < -0.3 is 15.8 Å². The predicted molar refractivity (Wildman–Crippen MR) is 93.8 cm³/mol. The molecule has 0 saturated heterocycles. The van der Waals surface area contributed by atoms with Crippen LogP contribution in [0.2, 0.25) is 5.02 Å². The van der Waals surface area contributed by atoms with Gasteiger partial charge in [-0.15, -0.1) is 12.4 Å². The number of carbonyl (C=O) groups excluding carboxylic acids is 1. The zero-order valence-electron chi connectivity index (χ0n) is 13.4. The van der Waals surface area contributed by atoms with E-state index in [0.717, 1.165) is 12.8 Å². The number of rotatable bonds is 8. The number of nitrogens with one attached hydrogen (secondary N) is 1. The van der Waals surface area contributed by atoms with E-state index in [-0.39, 0.29) is 30.3 Å². The first-order valence-corrected chi connectivity index (χ1v) is 7.65. The minimum Gasteiger partial charge on any atom is -0.383 e. The molecule has 22 heavy (non-hydrogen) atoms. The lowest BCUT2D eigenvalue weighted by atomic mass is 9.75. The molecule has 0 heterocycles. The van der Waals surface area contributed by atoms with Crippen LogP contribution in [0.5, 0.6) is 0 Å². The molecule has 1 amide bonds. The zero-order chi connectivity index (χ0) is 15.9. The Kier molecular flexibility index (Phi) is 9.69. The normalized spacial score (nSPS) is 12.4. The molecule has 0 spiro atoms. The fraction of sp³-hybridized carbons (Fsp3) is 0.562. The van der Waals surface area contributed by atoms with E-state index < -0.39 is 6.04 Å². The molecule has 1 unspecified atom stereocenters. The van der Waals surface area contributed by atoms with Gasteiger partial charge in [-0.1, -0.05) is 37.6 Å². The van der Waals surface area contributed by atoms with Gasteiger partial charge in [0.25, 0.3) is 0 Å². The summed E-state index contributed by atoms with van der Waals surface area (Å²) in [6.07, 6.45) is 1.84. The molecule has 0 bridgehead atoms. The van der Waals surface area contributed by atoms with Crippen molar-refractivity contribution in [3.63, 3.8) is 0 Å². The highest BCUT2D eigenvalue weighted by molar-refractivity contribution is 6.30. The molecule has 3 N–H and O–H groups in total. The number of halogens is 2. The van der Waals surface area contributed by atoms with Crippen LogP contribution in [0, 0.1) is 0 Å². The van der Waals surface area contributed by atoms with Gasteiger partial charge in [0.1, 0.15) is 6.04 Å². The number of hydrogen-bond acceptors (Lipinski definition) is 3. The first kappa shape index (κ1) is 21.2. The number of amides is 1. The Balaban J connectivity index is 0.00000441. The Morgan fingerprint density at radius 3 is 2.32 bits per heavy atom. The van der Waals surface area contributed by atoms with Crippen LogP contribution < -0.4 is 11.1 Å². The maximum absolute atomic E-state index is 12.0. The van der Waals surface area contributed by atoms with E-state index in [9.17, 15) is 4.79 Å². The molecule has 1 aromatic rings. The summed E-state index contributed by atoms with van der Waals surface area (Å²) in [5.41, 5.74) is 6.82. The van der Waals surface area contributed by atoms with Crippen molar-refractivity contribution in [2.45, 2.75) is 38.1 Å². The molecule has 6 heteroatoms. The zero-order valence-corrected chi connectivity index (χ0v) is 15.0. The molecule has 0 saturated carbocycles. The molecule has 1 aromatic carbocycles. The Morgan fingerprint density at radius 2 is 1.86 bits per heavy atom. The molecule has 0 aliphatic rings. The summed E-state index contributed by atoms with van der Waals surface area (Å²) in [5, 5.41) is 3.66. The molecule has 126 valence electrons. The average molecular weight is 349 g/mol. The predicted octanol–water partition coefficient (Wildman–Crippen LogP) is 2.91. The highest BCUT2D eigenvalue weighted by Crippen LogP contribution is 2.31. The first-order chi connectivity index (χ1) is 9.99. The summed E-state index contributed by atoms with van der Waals surface area (Å²) < 4.78 is 4.91. The molecule has 1 rings (SSSR count). The number of methoxy groups -OCH3 is 1. The van der Waals surface area contributed by atoms with Gasteiger partial charge in [0.15, 0.2) is 0 Å². The molecule has 4 nitrogen and oxygen atoms in total. The van der Waals surface area contributed by atoms with Crippen molar-refractivity contribution in [3.05, 3.63) is 34.9 Å². The van der Waals surface area contributed by atoms with Crippen LogP contribution in [0.4, 0.5) is 0 Å². The number of hydrogen-bond donors (Lipinski definition) is 2. The summed E-state index contributed by atoms with van der Waals surface area (Å²) in [6.45, 7) is 5.02. The Hall–Kier alpha value is -0.810. The lowest BCUT2D eigenvalue weighted by Crippen LogP contribution is -2.48. The van der Waals surface area contributed by atoms with Crippen LogP contribution in [0.25, 0.3) is 0 Å². The smallest absolute Gasteiger partial charge is 0.239 e. The van der Waals surface area contributed by atoms with Crippen LogP contribution >= 0.6 is 24.0 Å². The third-order valence-corrected chi connectivity index (χ3v) is 4.35. The highest BCUT2D eigenvalue weighted by atomic mass is 35.5. The van der Waals surface area contributed by atoms with Gasteiger partial charge in [-0.3, -0.25) is 4.79 Å². The van der Waals surface area contributed by atoms with Gasteiger partial charge in [-0.05, 0) is 30.5 Å². The van der Waals surface area contributed by atoms with E-state index >= 15 is 0 Å². The molecule has 0 radical (unpaired) electrons. The maximum Gasteiger partial charge on any atom is 0.239 e. The minimum absolute atomic E-state index is 0. The van der Waals surface area contributed by atoms with Crippen LogP contribution in [0.15, 0.2) is 24.3 Å². The van der Waals surface area contributed by atoms with Crippen LogP contribution in [0.1, 0.15) is 32.3 Å². The van der Waals surface area contributed by atoms with E-state index in [0.29, 0.717) is 11.6 Å². The SMILES string of the molecule is CCC(CC)(CNC(=O)C(N)COC)c1ccc(Cl)cc1.Cl. The van der Waals surface area contributed by atoms with Gasteiger partial charge in [-0.25, -0.2) is 0 Å². The van der Waals surface area contributed by atoms with Gasteiger partial charge >= 0.3 is 0 Å². The van der Waals surface area contributed by atoms with Crippen molar-refractivity contribution in [1.29, 1.82) is 0 Å². The fourth-order valence-electron chi connectivity index (χ4n) is 2.46. The lowest BCUT2D eigenvalue weighted by Gasteiger charge is -2.33. The van der Waals surface area contributed by atoms with E-state index in [2.05, 4.69) is 19.2 Å². The first-order valence-electron chi connectivity index (χ1n) is 7.27. The monoisotopic (exact) mass is 348 g/mol. The van der Waals surface area contributed by atoms with Crippen LogP contribution in [-0.2, 0) is 14.9 Å². The second kappa shape index (κ2) is 10.1. The van der Waals surface area contributed by atoms with Crippen molar-refractivity contribution in [2.24, 2.45) is 5.73 Å². The lowest BCUT2D eigenvalue weighted by molar-refractivity contribution is -0.123. The van der Waals surface area contributed by atoms with Crippen molar-refractivity contribution < 1.29 is 9.53 Å². The highest BCUT2D eigenvalue weighted by Gasteiger charge is 2.29. The van der Waals surface area contributed by atoms with Gasteiger partial charge in [0.2, 0.25) is 5.91 Å². The van der Waals surface area contributed by atoms with Crippen LogP contribution in [-0.4, -0.2) is 32.2 Å². The number of carbonyl (C=O) groups is 1. The molecule has 0 aromatic heterocycles. The third kappa shape index (κ3) is 5.43. The van der Waals surface area contributed by atoms with Gasteiger partial charge in [-0.2, -0.15) is 0 Å². The van der Waals surface area contributed by atoms with E-state index in [1.165, 1.54) is 12.7 Å². The Morgan fingerprint density at radius 1 is 1.32 bits per heavy atom. The second-order valence-electron chi connectivity index (χ2n) is 5.27. The third-order valence-electron chi connectivity index (χ3n) is 4.09. The summed E-state index contributed by atoms with van der Waals surface area (Å²) >= 11 is 5.95. The minimum atomic E-state index is -0.633. The molecule has 0 aliphatic heterocycles. The Bertz CT molecular complexity index is 448. The average Bonchev–Trinajstić information content (AvgIpc) is 2.50. The molecule has 0 fully saturated rings. The molecule has 0 aliphatic carbocycles. The fourth-order valence-corrected chi connectivity index (χ4v) is 2.58. The molecular formula is C16H26Cl2N2O2. The number of ether oxygens (including phenoxy) is 1. The van der Waals surface area contributed by atoms with E-state index in [4.69, 9.17) is 22.1 Å². The van der Waals surface area contributed by atoms with Crippen molar-refractivity contribution in [2.75, 3.05) is 20.3 Å². The van der Waals surface area contributed by atoms with Crippen molar-refractivity contribution in [1.82, 2.24) is 5.32 Å². The summed E-state index contributed by atoms with van der Waals surface area (Å²) in [4.78, 5) is 12.0. The van der Waals surface area contributed by atoms with Crippen LogP contribution in [0.3, 0.4) is 0 Å². The van der Waals surface area contributed by atoms with E-state index in [1.807, 2.05) is 24.3 Å². The summed E-state index contributed by atoms with van der Waals surface area (Å²) in [7, 11) is 1.53. The summed E-state index contributed by atoms with van der Waals surface area (Å²) in [6, 6.07) is 7.18. The van der Waals surface area contributed by atoms with E-state index in [1.54, 1.807) is 0 Å². The topological polar surface area (TPSA) is 64.4 Å². The molecular weight excluding hydrogens is 323 g/mol.